The molecule has 4 aliphatic carbocycles. The molecule has 0 N–H and O–H groups in total. The molecule has 8 aromatic carbocycles. The van der Waals surface area contributed by atoms with Crippen molar-refractivity contribution in [1.29, 1.82) is 0 Å². The monoisotopic (exact) mass is 1100 g/mol. The van der Waals surface area contributed by atoms with Gasteiger partial charge < -0.3 is 4.74 Å². The van der Waals surface area contributed by atoms with Gasteiger partial charge in [-0.05, 0) is 112 Å². The first kappa shape index (κ1) is 56.8. The average Bonchev–Trinajstić information content (AvgIpc) is 4.20. The van der Waals surface area contributed by atoms with Crippen LogP contribution in [0.4, 0.5) is 17.1 Å². The number of ether oxygens (including phenoxy) is 1. The lowest BCUT2D eigenvalue weighted by Crippen LogP contribution is -2.02. The number of nitro benzene ring substituents is 3. The van der Waals surface area contributed by atoms with Crippen LogP contribution in [0.25, 0.3) is 44.5 Å². The van der Waals surface area contributed by atoms with Gasteiger partial charge in [0.05, 0.1) is 33.0 Å². The highest BCUT2D eigenvalue weighted by Crippen LogP contribution is 2.41. The van der Waals surface area contributed by atoms with Crippen molar-refractivity contribution in [1.82, 2.24) is 0 Å². The fourth-order valence-corrected chi connectivity index (χ4v) is 11.4. The molecule has 8 aromatic rings. The van der Waals surface area contributed by atoms with Crippen LogP contribution in [0.1, 0.15) is 107 Å². The highest BCUT2D eigenvalue weighted by Gasteiger charge is 2.33. The Bertz CT molecular complexity index is 3940. The number of nitro groups is 3. The lowest BCUT2D eigenvalue weighted by Gasteiger charge is -2.08. The molecule has 412 valence electrons. The fourth-order valence-electron chi connectivity index (χ4n) is 11.4. The van der Waals surface area contributed by atoms with Gasteiger partial charge in [-0.15, -0.1) is 0 Å². The predicted molar refractivity (Wildman–Crippen MR) is 312 cm³/mol. The van der Waals surface area contributed by atoms with E-state index in [9.17, 15) is 54.3 Å². The maximum Gasteiger partial charge on any atom is 0.337 e. The van der Waals surface area contributed by atoms with Crippen molar-refractivity contribution in [2.75, 3.05) is 7.11 Å². The van der Waals surface area contributed by atoms with Crippen LogP contribution in [0.15, 0.2) is 164 Å². The molecule has 0 heterocycles. The molecule has 82 heavy (non-hydrogen) atoms. The highest BCUT2D eigenvalue weighted by molar-refractivity contribution is 6.06. The highest BCUT2D eigenvalue weighted by atomic mass is 16.6. The largest absolute Gasteiger partial charge is 0.465 e. The van der Waals surface area contributed by atoms with E-state index in [1.54, 1.807) is 73.7 Å². The number of aryl methyl sites for hydroxylation is 1. The number of non-ortho nitro benzene ring substituents is 1. The standard InChI is InChI=1S/C18H16O3.C17H15NO3.2C16H13NO3/c1-11-10-16-14(4-3-5-15(16)17(11)19)12-6-8-13(9-7-12)18(20)21-2;1-10-6-7-12(9-16(10)18(20)21)13-4-3-5-14-15(13)8-11(2)17(14)19;1-10-8-15-13(6-3-7-14(15)16(10)18)11-4-2-5-12(9-11)17(19)20;1-10-9-14-11(6-4-7-13(14)16(10)18)12-5-2-3-8-15(12)17(19)20/h3-9,11H,10H2,1-2H3;3-7,9,11H,8H2,1-2H3;2-7,9-10H,8H2,1H3;2-8,10H,9H2,1H3. The van der Waals surface area contributed by atoms with E-state index < -0.39 is 4.92 Å². The van der Waals surface area contributed by atoms with Gasteiger partial charge in [0.15, 0.2) is 23.1 Å². The molecule has 15 heteroatoms. The summed E-state index contributed by atoms with van der Waals surface area (Å²) in [4.78, 5) is 91.8. The Hall–Kier alpha value is -9.89. The van der Waals surface area contributed by atoms with Crippen LogP contribution in [0.2, 0.25) is 0 Å². The van der Waals surface area contributed by atoms with E-state index in [0.717, 1.165) is 84.3 Å². The van der Waals surface area contributed by atoms with Crippen molar-refractivity contribution in [2.45, 2.75) is 60.3 Å². The van der Waals surface area contributed by atoms with Gasteiger partial charge in [0.2, 0.25) is 0 Å². The molecule has 12 rings (SSSR count). The smallest absolute Gasteiger partial charge is 0.337 e. The number of hydrogen-bond donors (Lipinski definition) is 0. The minimum Gasteiger partial charge on any atom is -0.465 e. The summed E-state index contributed by atoms with van der Waals surface area (Å²) in [6, 6.07) is 48.2. The molecule has 0 saturated carbocycles. The molecular formula is C67H57N3O12. The number of rotatable bonds is 8. The van der Waals surface area contributed by atoms with Gasteiger partial charge in [0.25, 0.3) is 17.1 Å². The predicted octanol–water partition coefficient (Wildman–Crippen LogP) is 14.7. The number of benzene rings is 8. The number of para-hydroxylation sites is 1. The summed E-state index contributed by atoms with van der Waals surface area (Å²) in [6.45, 7) is 9.42. The Morgan fingerprint density at radius 3 is 1.21 bits per heavy atom. The third kappa shape index (κ3) is 11.3. The Morgan fingerprint density at radius 2 is 0.768 bits per heavy atom. The molecular weight excluding hydrogens is 1040 g/mol. The summed E-state index contributed by atoms with van der Waals surface area (Å²) in [5, 5.41) is 33.1. The minimum atomic E-state index is -0.402. The van der Waals surface area contributed by atoms with Crippen LogP contribution in [0.3, 0.4) is 0 Å². The van der Waals surface area contributed by atoms with Gasteiger partial charge in [-0.25, -0.2) is 4.79 Å². The van der Waals surface area contributed by atoms with Crippen LogP contribution in [0.5, 0.6) is 0 Å². The normalized spacial score (nSPS) is 16.9. The van der Waals surface area contributed by atoms with Crippen molar-refractivity contribution in [3.63, 3.8) is 0 Å². The first-order valence-electron chi connectivity index (χ1n) is 26.8. The van der Waals surface area contributed by atoms with E-state index in [4.69, 9.17) is 4.74 Å². The average molecular weight is 1100 g/mol. The van der Waals surface area contributed by atoms with Gasteiger partial charge in [0.1, 0.15) is 0 Å². The fraction of sp³-hybridized carbons (Fsp3) is 0.209. The SMILES string of the molecule is CC1Cc2c(cccc2-c2cccc([N+](=O)[O-])c2)C1=O.CC1Cc2c(cccc2-c2ccccc2[N+](=O)[O-])C1=O.COC(=O)c1ccc(-c2cccc3c2CC(C)C3=O)cc1.Cc1ccc(-c2cccc3c2CC(C)C3=O)cc1[N+](=O)[O-]. The van der Waals surface area contributed by atoms with E-state index in [0.29, 0.717) is 41.5 Å². The summed E-state index contributed by atoms with van der Waals surface area (Å²) in [6.07, 6.45) is 2.83. The molecule has 0 radical (unpaired) electrons. The lowest BCUT2D eigenvalue weighted by molar-refractivity contribution is -0.385. The van der Waals surface area contributed by atoms with E-state index in [1.807, 2.05) is 113 Å². The summed E-state index contributed by atoms with van der Waals surface area (Å²) >= 11 is 0. The van der Waals surface area contributed by atoms with Crippen molar-refractivity contribution in [2.24, 2.45) is 23.7 Å². The number of esters is 1. The summed E-state index contributed by atoms with van der Waals surface area (Å²) in [5.74, 6) is 0.304. The Labute approximate surface area is 473 Å². The summed E-state index contributed by atoms with van der Waals surface area (Å²) < 4.78 is 4.70. The zero-order valence-corrected chi connectivity index (χ0v) is 46.0. The van der Waals surface area contributed by atoms with Crippen molar-refractivity contribution < 1.29 is 43.5 Å². The number of hydrogen-bond acceptors (Lipinski definition) is 12. The molecule has 4 atom stereocenters. The second-order valence-corrected chi connectivity index (χ2v) is 21.1. The Morgan fingerprint density at radius 1 is 0.402 bits per heavy atom. The molecule has 4 unspecified atom stereocenters. The van der Waals surface area contributed by atoms with Crippen LogP contribution in [-0.4, -0.2) is 51.0 Å². The van der Waals surface area contributed by atoms with Crippen LogP contribution < -0.4 is 0 Å². The van der Waals surface area contributed by atoms with Gasteiger partial charge in [-0.1, -0.05) is 149 Å². The number of ketones is 4. The van der Waals surface area contributed by atoms with Gasteiger partial charge in [0, 0.05) is 75.8 Å². The van der Waals surface area contributed by atoms with Crippen LogP contribution in [0, 0.1) is 60.9 Å². The van der Waals surface area contributed by atoms with Crippen LogP contribution >= 0.6 is 0 Å². The molecule has 4 aliphatic rings. The van der Waals surface area contributed by atoms with E-state index in [2.05, 4.69) is 0 Å². The first-order chi connectivity index (χ1) is 39.3. The number of methoxy groups -OCH3 is 1. The van der Waals surface area contributed by atoms with Crippen LogP contribution in [-0.2, 0) is 30.4 Å². The van der Waals surface area contributed by atoms with Crippen molar-refractivity contribution in [3.05, 3.63) is 250 Å². The van der Waals surface area contributed by atoms with Gasteiger partial charge >= 0.3 is 5.97 Å². The quantitative estimate of drug-likeness (QED) is 0.0787. The molecule has 0 spiro atoms. The molecule has 15 nitrogen and oxygen atoms in total. The minimum absolute atomic E-state index is 0.00940. The molecule has 0 saturated heterocycles. The number of fused-ring (bicyclic) bond motifs is 4. The molecule has 0 amide bonds. The van der Waals surface area contributed by atoms with E-state index >= 15 is 0 Å². The number of nitrogens with zero attached hydrogens (tertiary/aromatic N) is 3. The zero-order valence-electron chi connectivity index (χ0n) is 46.0. The topological polar surface area (TPSA) is 224 Å². The zero-order chi connectivity index (χ0) is 58.7. The summed E-state index contributed by atoms with van der Waals surface area (Å²) in [5.41, 5.74) is 15.4. The number of carbonyl (C=O) groups excluding carboxylic acids is 5. The van der Waals surface area contributed by atoms with Gasteiger partial charge in [-0.2, -0.15) is 0 Å². The number of carbonyl (C=O) groups is 5. The third-order valence-corrected chi connectivity index (χ3v) is 15.7. The third-order valence-electron chi connectivity index (χ3n) is 15.7. The van der Waals surface area contributed by atoms with Crippen molar-refractivity contribution >= 4 is 46.2 Å². The second kappa shape index (κ2) is 23.8. The Kier molecular flexibility index (Phi) is 16.5. The first-order valence-corrected chi connectivity index (χ1v) is 26.8. The lowest BCUT2D eigenvalue weighted by atomic mass is 9.95. The maximum absolute atomic E-state index is 12.1. The molecule has 0 aliphatic heterocycles. The molecule has 0 fully saturated rings. The molecule has 0 aromatic heterocycles. The van der Waals surface area contributed by atoms with E-state index in [-0.39, 0.29) is 79.7 Å². The Balaban J connectivity index is 0.000000132. The number of Topliss-reactive ketones (excluding diaryl/α,β-unsaturated/α-hetero) is 4. The summed E-state index contributed by atoms with van der Waals surface area (Å²) in [7, 11) is 1.37. The second-order valence-electron chi connectivity index (χ2n) is 21.1. The van der Waals surface area contributed by atoms with E-state index in [1.165, 1.54) is 19.2 Å². The maximum atomic E-state index is 12.1. The van der Waals surface area contributed by atoms with Gasteiger partial charge in [-0.3, -0.25) is 49.5 Å². The molecule has 0 bridgehead atoms. The van der Waals surface area contributed by atoms with Crippen molar-refractivity contribution in [3.8, 4) is 44.5 Å².